The van der Waals surface area contributed by atoms with Crippen molar-refractivity contribution in [2.75, 3.05) is 26.4 Å². The van der Waals surface area contributed by atoms with E-state index in [1.54, 1.807) is 0 Å². The molecule has 0 radical (unpaired) electrons. The van der Waals surface area contributed by atoms with Gasteiger partial charge in [-0.3, -0.25) is 0 Å². The Labute approximate surface area is 125 Å². The summed E-state index contributed by atoms with van der Waals surface area (Å²) in [6.07, 6.45) is 3.18. The van der Waals surface area contributed by atoms with Gasteiger partial charge in [-0.05, 0) is 31.2 Å². The molecule has 4 heteroatoms. The van der Waals surface area contributed by atoms with Crippen LogP contribution in [0.15, 0.2) is 30.3 Å². The van der Waals surface area contributed by atoms with Crippen molar-refractivity contribution in [1.82, 2.24) is 0 Å². The first-order valence-corrected chi connectivity index (χ1v) is 7.85. The minimum Gasteiger partial charge on any atom is -0.381 e. The summed E-state index contributed by atoms with van der Waals surface area (Å²) in [5.41, 5.74) is 4.88. The first-order chi connectivity index (χ1) is 10.2. The van der Waals surface area contributed by atoms with E-state index in [2.05, 4.69) is 0 Å². The second kappa shape index (κ2) is 6.03. The Hall–Kier alpha value is -0.970. The molecule has 0 aliphatic carbocycles. The van der Waals surface area contributed by atoms with Crippen molar-refractivity contribution in [2.24, 2.45) is 11.7 Å². The number of alkyl halides is 1. The van der Waals surface area contributed by atoms with Crippen LogP contribution in [0.3, 0.4) is 0 Å². The van der Waals surface area contributed by atoms with E-state index in [1.807, 2.05) is 30.3 Å². The Balaban J connectivity index is 1.83. The number of ether oxygens (including phenoxy) is 2. The summed E-state index contributed by atoms with van der Waals surface area (Å²) in [6, 6.07) is 9.36. The predicted octanol–water partition coefficient (Wildman–Crippen LogP) is 2.79. The van der Waals surface area contributed by atoms with Gasteiger partial charge in [0, 0.05) is 32.3 Å². The molecule has 0 amide bonds. The predicted molar refractivity (Wildman–Crippen MR) is 79.7 cm³/mol. The highest BCUT2D eigenvalue weighted by Gasteiger charge is 2.48. The molecule has 21 heavy (non-hydrogen) atoms. The van der Waals surface area contributed by atoms with E-state index in [0.717, 1.165) is 25.7 Å². The zero-order valence-corrected chi connectivity index (χ0v) is 12.4. The molecule has 2 unspecified atom stereocenters. The van der Waals surface area contributed by atoms with Gasteiger partial charge in [-0.25, -0.2) is 4.39 Å². The van der Waals surface area contributed by atoms with Crippen LogP contribution in [0.5, 0.6) is 0 Å². The Morgan fingerprint density at radius 3 is 2.57 bits per heavy atom. The Morgan fingerprint density at radius 2 is 1.90 bits per heavy atom. The maximum Gasteiger partial charge on any atom is 0.151 e. The van der Waals surface area contributed by atoms with Crippen molar-refractivity contribution in [3.05, 3.63) is 35.9 Å². The van der Waals surface area contributed by atoms with Gasteiger partial charge in [-0.15, -0.1) is 0 Å². The lowest BCUT2D eigenvalue weighted by Crippen LogP contribution is -2.50. The lowest BCUT2D eigenvalue weighted by atomic mass is 9.71. The third kappa shape index (κ3) is 2.85. The number of hydrogen-bond donors (Lipinski definition) is 1. The van der Waals surface area contributed by atoms with Crippen LogP contribution in [-0.4, -0.2) is 32.0 Å². The van der Waals surface area contributed by atoms with Gasteiger partial charge in [0.15, 0.2) is 5.67 Å². The van der Waals surface area contributed by atoms with Gasteiger partial charge in [0.05, 0.1) is 5.60 Å². The van der Waals surface area contributed by atoms with Gasteiger partial charge in [-0.2, -0.15) is 0 Å². The van der Waals surface area contributed by atoms with E-state index >= 15 is 4.39 Å². The van der Waals surface area contributed by atoms with Crippen LogP contribution >= 0.6 is 0 Å². The molecule has 1 spiro atoms. The van der Waals surface area contributed by atoms with Gasteiger partial charge in [0.2, 0.25) is 0 Å². The zero-order chi connectivity index (χ0) is 14.8. The van der Waals surface area contributed by atoms with Crippen LogP contribution in [0, 0.1) is 5.92 Å². The Kier molecular flexibility index (Phi) is 4.29. The standard InChI is InChI=1S/C17H24FNO2/c18-17(13-19,14-4-2-1-3-5-14)15-6-9-21-16(12-15)7-10-20-11-8-16/h1-5,15H,6-13,19H2. The Bertz CT molecular complexity index is 456. The van der Waals surface area contributed by atoms with Crippen LogP contribution in [0.2, 0.25) is 0 Å². The lowest BCUT2D eigenvalue weighted by Gasteiger charge is -2.47. The summed E-state index contributed by atoms with van der Waals surface area (Å²) in [5.74, 6) is -0.0863. The molecule has 1 aromatic carbocycles. The van der Waals surface area contributed by atoms with Crippen molar-refractivity contribution >= 4 is 0 Å². The molecule has 0 aromatic heterocycles. The minimum absolute atomic E-state index is 0.0221. The quantitative estimate of drug-likeness (QED) is 0.932. The van der Waals surface area contributed by atoms with Crippen molar-refractivity contribution < 1.29 is 13.9 Å². The van der Waals surface area contributed by atoms with Gasteiger partial charge < -0.3 is 15.2 Å². The molecule has 3 nitrogen and oxygen atoms in total. The largest absolute Gasteiger partial charge is 0.381 e. The monoisotopic (exact) mass is 293 g/mol. The van der Waals surface area contributed by atoms with Crippen molar-refractivity contribution in [3.63, 3.8) is 0 Å². The third-order valence-corrected chi connectivity index (χ3v) is 5.09. The molecular weight excluding hydrogens is 269 g/mol. The molecular formula is C17H24FNO2. The average Bonchev–Trinajstić information content (AvgIpc) is 2.56. The molecule has 1 aromatic rings. The highest BCUT2D eigenvalue weighted by Crippen LogP contribution is 2.46. The molecule has 2 saturated heterocycles. The molecule has 2 aliphatic heterocycles. The molecule has 0 bridgehead atoms. The van der Waals surface area contributed by atoms with Crippen molar-refractivity contribution in [3.8, 4) is 0 Å². The fourth-order valence-corrected chi connectivity index (χ4v) is 3.75. The number of hydrogen-bond acceptors (Lipinski definition) is 3. The summed E-state index contributed by atoms with van der Waals surface area (Å²) < 4.78 is 27.1. The molecule has 0 saturated carbocycles. The normalized spacial score (nSPS) is 28.2. The fraction of sp³-hybridized carbons (Fsp3) is 0.647. The number of halogens is 1. The second-order valence-corrected chi connectivity index (χ2v) is 6.27. The van der Waals surface area contributed by atoms with Crippen LogP contribution < -0.4 is 5.73 Å². The first kappa shape index (κ1) is 14.9. The topological polar surface area (TPSA) is 44.5 Å². The number of benzene rings is 1. The molecule has 2 N–H and O–H groups in total. The highest BCUT2D eigenvalue weighted by atomic mass is 19.1. The maximum absolute atomic E-state index is 15.7. The summed E-state index contributed by atoms with van der Waals surface area (Å²) in [4.78, 5) is 0. The van der Waals surface area contributed by atoms with E-state index in [0.29, 0.717) is 25.4 Å². The maximum atomic E-state index is 15.7. The first-order valence-electron chi connectivity index (χ1n) is 7.85. The van der Waals surface area contributed by atoms with Crippen LogP contribution in [0.25, 0.3) is 0 Å². The summed E-state index contributed by atoms with van der Waals surface area (Å²) in [6.45, 7) is 2.05. The summed E-state index contributed by atoms with van der Waals surface area (Å²) in [7, 11) is 0. The van der Waals surface area contributed by atoms with E-state index in [1.165, 1.54) is 0 Å². The van der Waals surface area contributed by atoms with Gasteiger partial charge >= 0.3 is 0 Å². The molecule has 3 rings (SSSR count). The molecule has 2 aliphatic rings. The number of rotatable bonds is 3. The SMILES string of the molecule is NCC(F)(c1ccccc1)C1CCOC2(CCOCC2)C1. The smallest absolute Gasteiger partial charge is 0.151 e. The number of nitrogens with two attached hydrogens (primary N) is 1. The summed E-state index contributed by atoms with van der Waals surface area (Å²) in [5, 5.41) is 0. The molecule has 2 heterocycles. The highest BCUT2D eigenvalue weighted by molar-refractivity contribution is 5.24. The fourth-order valence-electron chi connectivity index (χ4n) is 3.75. The minimum atomic E-state index is -1.46. The van der Waals surface area contributed by atoms with Gasteiger partial charge in [0.25, 0.3) is 0 Å². The van der Waals surface area contributed by atoms with Crippen LogP contribution in [0.1, 0.15) is 31.2 Å². The van der Waals surface area contributed by atoms with Crippen molar-refractivity contribution in [1.29, 1.82) is 0 Å². The van der Waals surface area contributed by atoms with E-state index in [9.17, 15) is 0 Å². The van der Waals surface area contributed by atoms with Gasteiger partial charge in [-0.1, -0.05) is 30.3 Å². The van der Waals surface area contributed by atoms with E-state index < -0.39 is 5.67 Å². The molecule has 2 fully saturated rings. The van der Waals surface area contributed by atoms with Gasteiger partial charge in [0.1, 0.15) is 0 Å². The Morgan fingerprint density at radius 1 is 1.19 bits per heavy atom. The lowest BCUT2D eigenvalue weighted by molar-refractivity contribution is -0.164. The zero-order valence-electron chi connectivity index (χ0n) is 12.4. The molecule has 116 valence electrons. The van der Waals surface area contributed by atoms with E-state index in [4.69, 9.17) is 15.2 Å². The molecule has 2 atom stereocenters. The third-order valence-electron chi connectivity index (χ3n) is 5.09. The van der Waals surface area contributed by atoms with E-state index in [-0.39, 0.29) is 18.1 Å². The van der Waals surface area contributed by atoms with Crippen LogP contribution in [0.4, 0.5) is 4.39 Å². The average molecular weight is 293 g/mol. The van der Waals surface area contributed by atoms with Crippen LogP contribution in [-0.2, 0) is 15.1 Å². The second-order valence-electron chi connectivity index (χ2n) is 6.27. The van der Waals surface area contributed by atoms with Crippen molar-refractivity contribution in [2.45, 2.75) is 37.0 Å². The summed E-state index contributed by atoms with van der Waals surface area (Å²) >= 11 is 0.